The van der Waals surface area contributed by atoms with Crippen LogP contribution in [0.5, 0.6) is 0 Å². The second-order valence-electron chi connectivity index (χ2n) is 5.50. The summed E-state index contributed by atoms with van der Waals surface area (Å²) in [4.78, 5) is -0.0386. The van der Waals surface area contributed by atoms with E-state index in [0.717, 1.165) is 13.0 Å². The second-order valence-corrected chi connectivity index (χ2v) is 7.03. The number of hydrogen-bond acceptors (Lipinski definition) is 4. The predicted molar refractivity (Wildman–Crippen MR) is 74.8 cm³/mol. The molecule has 1 rings (SSSR count). The molecule has 5 N–H and O–H groups in total. The number of nitrogens with one attached hydrogen (secondary N) is 1. The molecule has 0 aliphatic rings. The minimum atomic E-state index is -3.77. The van der Waals surface area contributed by atoms with Gasteiger partial charge in [-0.05, 0) is 24.0 Å². The summed E-state index contributed by atoms with van der Waals surface area (Å²) in [5.74, 6) is 0. The first-order valence-corrected chi connectivity index (χ1v) is 7.31. The molecule has 0 aliphatic carbocycles. The molecule has 0 unspecified atom stereocenters. The quantitative estimate of drug-likeness (QED) is 0.727. The number of para-hydroxylation sites is 1. The Bertz CT molecular complexity index is 519. The SMILES string of the molecule is CC(C)(C)CCNc1cccc(S(N)(=O)=O)c1N. The van der Waals surface area contributed by atoms with Crippen LogP contribution in [-0.4, -0.2) is 15.0 Å². The molecule has 0 heterocycles. The molecule has 18 heavy (non-hydrogen) atoms. The number of anilines is 2. The van der Waals surface area contributed by atoms with E-state index in [2.05, 4.69) is 26.1 Å². The molecule has 0 atom stereocenters. The van der Waals surface area contributed by atoms with Crippen LogP contribution >= 0.6 is 0 Å². The average Bonchev–Trinajstić information content (AvgIpc) is 2.17. The normalized spacial score (nSPS) is 12.4. The Morgan fingerprint density at radius 3 is 2.39 bits per heavy atom. The molecule has 0 aromatic heterocycles. The summed E-state index contributed by atoms with van der Waals surface area (Å²) in [6, 6.07) is 4.77. The van der Waals surface area contributed by atoms with Gasteiger partial charge in [-0.3, -0.25) is 0 Å². The highest BCUT2D eigenvalue weighted by Gasteiger charge is 2.15. The van der Waals surface area contributed by atoms with Gasteiger partial charge in [0, 0.05) is 6.54 Å². The van der Waals surface area contributed by atoms with Crippen molar-refractivity contribution in [2.24, 2.45) is 10.6 Å². The van der Waals surface area contributed by atoms with Crippen molar-refractivity contribution in [1.29, 1.82) is 0 Å². The van der Waals surface area contributed by atoms with Gasteiger partial charge in [-0.1, -0.05) is 26.8 Å². The molecule has 1 aromatic rings. The van der Waals surface area contributed by atoms with Gasteiger partial charge in [0.15, 0.2) is 0 Å². The maximum atomic E-state index is 11.3. The summed E-state index contributed by atoms with van der Waals surface area (Å²) in [6.45, 7) is 7.14. The molecule has 0 fully saturated rings. The van der Waals surface area contributed by atoms with Crippen molar-refractivity contribution in [3.05, 3.63) is 18.2 Å². The van der Waals surface area contributed by atoms with E-state index in [0.29, 0.717) is 5.69 Å². The Balaban J connectivity index is 2.86. The number of rotatable bonds is 4. The van der Waals surface area contributed by atoms with Crippen molar-refractivity contribution >= 4 is 21.4 Å². The van der Waals surface area contributed by atoms with Crippen LogP contribution < -0.4 is 16.2 Å². The maximum Gasteiger partial charge on any atom is 0.240 e. The summed E-state index contributed by atoms with van der Waals surface area (Å²) in [7, 11) is -3.77. The lowest BCUT2D eigenvalue weighted by atomic mass is 9.92. The zero-order valence-corrected chi connectivity index (χ0v) is 11.8. The van der Waals surface area contributed by atoms with Gasteiger partial charge in [0.05, 0.1) is 11.4 Å². The zero-order chi connectivity index (χ0) is 14.0. The lowest BCUT2D eigenvalue weighted by Gasteiger charge is -2.19. The lowest BCUT2D eigenvalue weighted by Crippen LogP contribution is -2.17. The molecule has 0 bridgehead atoms. The summed E-state index contributed by atoms with van der Waals surface area (Å²) in [5, 5.41) is 8.23. The van der Waals surface area contributed by atoms with Gasteiger partial charge < -0.3 is 11.1 Å². The lowest BCUT2D eigenvalue weighted by molar-refractivity contribution is 0.390. The van der Waals surface area contributed by atoms with Crippen molar-refractivity contribution in [2.45, 2.75) is 32.1 Å². The molecule has 0 radical (unpaired) electrons. The Hall–Kier alpha value is -1.27. The van der Waals surface area contributed by atoms with Gasteiger partial charge in [-0.25, -0.2) is 13.6 Å². The van der Waals surface area contributed by atoms with Gasteiger partial charge in [0.2, 0.25) is 10.0 Å². The first kappa shape index (κ1) is 14.8. The topological polar surface area (TPSA) is 98.2 Å². The maximum absolute atomic E-state index is 11.3. The van der Waals surface area contributed by atoms with E-state index in [1.54, 1.807) is 12.1 Å². The molecule has 1 aromatic carbocycles. The third-order valence-corrected chi connectivity index (χ3v) is 3.53. The molecular formula is C12H21N3O2S. The van der Waals surface area contributed by atoms with Crippen LogP contribution in [0, 0.1) is 5.41 Å². The second kappa shape index (κ2) is 5.16. The van der Waals surface area contributed by atoms with Crippen molar-refractivity contribution in [3.8, 4) is 0 Å². The summed E-state index contributed by atoms with van der Waals surface area (Å²) in [6.07, 6.45) is 0.950. The smallest absolute Gasteiger partial charge is 0.240 e. The minimum Gasteiger partial charge on any atom is -0.396 e. The molecule has 0 aliphatic heterocycles. The van der Waals surface area contributed by atoms with E-state index in [4.69, 9.17) is 10.9 Å². The fourth-order valence-corrected chi connectivity index (χ4v) is 2.20. The Morgan fingerprint density at radius 1 is 1.28 bits per heavy atom. The highest BCUT2D eigenvalue weighted by molar-refractivity contribution is 7.89. The number of primary sulfonamides is 1. The fraction of sp³-hybridized carbons (Fsp3) is 0.500. The number of hydrogen-bond donors (Lipinski definition) is 3. The highest BCUT2D eigenvalue weighted by Crippen LogP contribution is 2.26. The monoisotopic (exact) mass is 271 g/mol. The molecule has 0 saturated carbocycles. The average molecular weight is 271 g/mol. The predicted octanol–water partition coefficient (Wildman–Crippen LogP) is 1.76. The first-order chi connectivity index (χ1) is 8.11. The van der Waals surface area contributed by atoms with Crippen molar-refractivity contribution in [1.82, 2.24) is 0 Å². The Morgan fingerprint density at radius 2 is 1.89 bits per heavy atom. The van der Waals surface area contributed by atoms with E-state index in [-0.39, 0.29) is 16.0 Å². The molecule has 5 nitrogen and oxygen atoms in total. The van der Waals surface area contributed by atoms with Crippen molar-refractivity contribution < 1.29 is 8.42 Å². The van der Waals surface area contributed by atoms with Gasteiger partial charge in [-0.2, -0.15) is 0 Å². The van der Waals surface area contributed by atoms with E-state index >= 15 is 0 Å². The molecule has 0 amide bonds. The van der Waals surface area contributed by atoms with Gasteiger partial charge in [0.1, 0.15) is 4.90 Å². The van der Waals surface area contributed by atoms with Crippen LogP contribution in [-0.2, 0) is 10.0 Å². The van der Waals surface area contributed by atoms with Crippen LogP contribution in [0.15, 0.2) is 23.1 Å². The number of nitrogens with two attached hydrogens (primary N) is 2. The largest absolute Gasteiger partial charge is 0.396 e. The highest BCUT2D eigenvalue weighted by atomic mass is 32.2. The molecule has 0 spiro atoms. The Labute approximate surface area is 109 Å². The van der Waals surface area contributed by atoms with Crippen LogP contribution in [0.2, 0.25) is 0 Å². The first-order valence-electron chi connectivity index (χ1n) is 5.76. The van der Waals surface area contributed by atoms with E-state index < -0.39 is 10.0 Å². The number of benzene rings is 1. The molecule has 0 saturated heterocycles. The van der Waals surface area contributed by atoms with E-state index in [1.165, 1.54) is 6.07 Å². The van der Waals surface area contributed by atoms with Crippen LogP contribution in [0.1, 0.15) is 27.2 Å². The van der Waals surface area contributed by atoms with Gasteiger partial charge in [-0.15, -0.1) is 0 Å². The van der Waals surface area contributed by atoms with Crippen LogP contribution in [0.25, 0.3) is 0 Å². The third-order valence-electron chi connectivity index (χ3n) is 2.56. The standard InChI is InChI=1S/C12H21N3O2S/c1-12(2,3)7-8-15-9-5-4-6-10(11(9)13)18(14,16)17/h4-6,15H,7-8,13H2,1-3H3,(H2,14,16,17). The summed E-state index contributed by atoms with van der Waals surface area (Å²) < 4.78 is 22.6. The molecule has 102 valence electrons. The van der Waals surface area contributed by atoms with Crippen molar-refractivity contribution in [2.75, 3.05) is 17.6 Å². The minimum absolute atomic E-state index is 0.0386. The summed E-state index contributed by atoms with van der Waals surface area (Å²) >= 11 is 0. The van der Waals surface area contributed by atoms with Gasteiger partial charge in [0.25, 0.3) is 0 Å². The van der Waals surface area contributed by atoms with E-state index in [9.17, 15) is 8.42 Å². The zero-order valence-electron chi connectivity index (χ0n) is 11.0. The molecular weight excluding hydrogens is 250 g/mol. The van der Waals surface area contributed by atoms with Crippen molar-refractivity contribution in [3.63, 3.8) is 0 Å². The van der Waals surface area contributed by atoms with Gasteiger partial charge >= 0.3 is 0 Å². The number of nitrogen functional groups attached to an aromatic ring is 1. The van der Waals surface area contributed by atoms with Crippen LogP contribution in [0.4, 0.5) is 11.4 Å². The van der Waals surface area contributed by atoms with Crippen LogP contribution in [0.3, 0.4) is 0 Å². The number of sulfonamides is 1. The fourth-order valence-electron chi connectivity index (χ4n) is 1.52. The molecule has 6 heteroatoms. The van der Waals surface area contributed by atoms with E-state index in [1.807, 2.05) is 0 Å². The third kappa shape index (κ3) is 4.19. The Kier molecular flexibility index (Phi) is 4.24. The summed E-state index contributed by atoms with van der Waals surface area (Å²) in [5.41, 5.74) is 6.78.